The maximum absolute atomic E-state index is 12.5. The Labute approximate surface area is 60.0 Å². The van der Waals surface area contributed by atoms with Crippen LogP contribution in [0.2, 0.25) is 0 Å². The van der Waals surface area contributed by atoms with Gasteiger partial charge in [0.2, 0.25) is 12.2 Å². The molecule has 11 heavy (non-hydrogen) atoms. The van der Waals surface area contributed by atoms with Gasteiger partial charge >= 0.3 is 5.92 Å². The van der Waals surface area contributed by atoms with E-state index in [0.717, 1.165) is 4.68 Å². The molecule has 6 heteroatoms. The van der Waals surface area contributed by atoms with Crippen molar-refractivity contribution in [3.05, 3.63) is 5.69 Å². The molecule has 0 radical (unpaired) electrons. The largest absolute Gasteiger partial charge is 0.539 e. The standard InChI is InChI=1S/C5H4F2N2O2/c6-5(7)1-3-4(10)11-8-9(3)2-5/h1-2H2. The van der Waals surface area contributed by atoms with E-state index in [4.69, 9.17) is 0 Å². The zero-order valence-electron chi connectivity index (χ0n) is 5.38. The number of fused-ring (bicyclic) bond motifs is 1. The molecule has 0 saturated carbocycles. The van der Waals surface area contributed by atoms with Crippen LogP contribution >= 0.6 is 0 Å². The second-order valence-corrected chi connectivity index (χ2v) is 2.50. The Morgan fingerprint density at radius 2 is 2.36 bits per heavy atom. The first-order valence-electron chi connectivity index (χ1n) is 3.02. The van der Waals surface area contributed by atoms with E-state index < -0.39 is 24.8 Å². The Hall–Kier alpha value is -1.20. The van der Waals surface area contributed by atoms with Crippen LogP contribution in [-0.2, 0) is 13.0 Å². The van der Waals surface area contributed by atoms with E-state index in [0.29, 0.717) is 0 Å². The molecular formula is C5H4F2N2O2. The fourth-order valence-corrected chi connectivity index (χ4v) is 1.10. The molecule has 0 amide bonds. The SMILES string of the molecule is [O-]c1on[n+]2c1CC(F)(F)C2. The van der Waals surface area contributed by atoms with Crippen molar-refractivity contribution >= 4 is 0 Å². The molecule has 1 aromatic rings. The van der Waals surface area contributed by atoms with E-state index in [1.807, 2.05) is 0 Å². The van der Waals surface area contributed by atoms with Crippen LogP contribution in [0, 0.1) is 0 Å². The minimum atomic E-state index is -2.84. The predicted octanol–water partition coefficient (Wildman–Crippen LogP) is -0.773. The van der Waals surface area contributed by atoms with Gasteiger partial charge in [-0.2, -0.15) is 8.78 Å². The van der Waals surface area contributed by atoms with Gasteiger partial charge in [-0.3, -0.25) is 0 Å². The molecule has 1 aliphatic heterocycles. The average molecular weight is 162 g/mol. The quantitative estimate of drug-likeness (QED) is 0.470. The van der Waals surface area contributed by atoms with Gasteiger partial charge in [0.05, 0.1) is 5.27 Å². The van der Waals surface area contributed by atoms with Crippen molar-refractivity contribution in [1.82, 2.24) is 5.27 Å². The lowest BCUT2D eigenvalue weighted by atomic mass is 10.2. The monoisotopic (exact) mass is 162 g/mol. The number of aromatic nitrogens is 2. The number of rotatable bonds is 0. The summed E-state index contributed by atoms with van der Waals surface area (Å²) in [6.45, 7) is -0.548. The van der Waals surface area contributed by atoms with E-state index in [1.54, 1.807) is 0 Å². The Morgan fingerprint density at radius 3 is 3.00 bits per heavy atom. The lowest BCUT2D eigenvalue weighted by Gasteiger charge is -1.99. The zero-order chi connectivity index (χ0) is 8.06. The molecule has 0 saturated heterocycles. The molecule has 0 spiro atoms. The van der Waals surface area contributed by atoms with Crippen molar-refractivity contribution in [3.63, 3.8) is 0 Å². The maximum Gasteiger partial charge on any atom is 0.317 e. The number of halogens is 2. The second-order valence-electron chi connectivity index (χ2n) is 2.50. The summed E-state index contributed by atoms with van der Waals surface area (Å²) >= 11 is 0. The number of nitrogens with zero attached hydrogens (tertiary/aromatic N) is 2. The van der Waals surface area contributed by atoms with Gasteiger partial charge in [0.25, 0.3) is 0 Å². The van der Waals surface area contributed by atoms with Crippen LogP contribution < -0.4 is 9.79 Å². The van der Waals surface area contributed by atoms with Gasteiger partial charge in [-0.05, 0) is 0 Å². The molecule has 0 unspecified atom stereocenters. The van der Waals surface area contributed by atoms with Gasteiger partial charge in [0, 0.05) is 0 Å². The van der Waals surface area contributed by atoms with Gasteiger partial charge in [-0.1, -0.05) is 4.68 Å². The minimum Gasteiger partial charge on any atom is -0.539 e. The van der Waals surface area contributed by atoms with Gasteiger partial charge in [0.15, 0.2) is 5.95 Å². The lowest BCUT2D eigenvalue weighted by Crippen LogP contribution is -2.38. The molecule has 2 rings (SSSR count). The lowest BCUT2D eigenvalue weighted by molar-refractivity contribution is -0.765. The third-order valence-electron chi connectivity index (χ3n) is 1.58. The minimum absolute atomic E-state index is 0.0463. The van der Waals surface area contributed by atoms with Crippen LogP contribution in [0.25, 0.3) is 0 Å². The molecular weight excluding hydrogens is 158 g/mol. The highest BCUT2D eigenvalue weighted by molar-refractivity contribution is 5.07. The van der Waals surface area contributed by atoms with Crippen LogP contribution in [-0.4, -0.2) is 11.2 Å². The first-order valence-corrected chi connectivity index (χ1v) is 3.02. The molecule has 2 heterocycles. The number of hydrogen-bond acceptors (Lipinski definition) is 3. The molecule has 1 aromatic heterocycles. The first kappa shape index (κ1) is 6.51. The van der Waals surface area contributed by atoms with Gasteiger partial charge < -0.3 is 9.63 Å². The zero-order valence-corrected chi connectivity index (χ0v) is 5.38. The molecule has 4 nitrogen and oxygen atoms in total. The molecule has 0 atom stereocenters. The Bertz CT molecular complexity index is 297. The van der Waals surface area contributed by atoms with Crippen molar-refractivity contribution in [1.29, 1.82) is 0 Å². The molecule has 1 aliphatic rings. The van der Waals surface area contributed by atoms with E-state index in [1.165, 1.54) is 0 Å². The smallest absolute Gasteiger partial charge is 0.317 e. The normalized spacial score (nSPS) is 20.2. The van der Waals surface area contributed by atoms with Gasteiger partial charge in [-0.25, -0.2) is 0 Å². The van der Waals surface area contributed by atoms with Crippen LogP contribution in [0.1, 0.15) is 5.69 Å². The van der Waals surface area contributed by atoms with E-state index in [9.17, 15) is 13.9 Å². The summed E-state index contributed by atoms with van der Waals surface area (Å²) in [6, 6.07) is 0. The topological polar surface area (TPSA) is 53.0 Å². The van der Waals surface area contributed by atoms with Crippen molar-refractivity contribution in [2.45, 2.75) is 18.9 Å². The maximum atomic E-state index is 12.5. The molecule has 0 N–H and O–H groups in total. The van der Waals surface area contributed by atoms with Crippen molar-refractivity contribution < 1.29 is 23.1 Å². The summed E-state index contributed by atoms with van der Waals surface area (Å²) in [5.41, 5.74) is -0.0463. The van der Waals surface area contributed by atoms with Crippen molar-refractivity contribution in [2.24, 2.45) is 0 Å². The highest BCUT2D eigenvalue weighted by Crippen LogP contribution is 2.27. The number of alkyl halides is 2. The molecule has 0 bridgehead atoms. The average Bonchev–Trinajstić information content (AvgIpc) is 2.31. The molecule has 0 aliphatic carbocycles. The summed E-state index contributed by atoms with van der Waals surface area (Å²) in [6.07, 6.45) is -0.560. The van der Waals surface area contributed by atoms with Crippen LogP contribution in [0.4, 0.5) is 8.78 Å². The molecule has 0 aromatic carbocycles. The number of hydrogen-bond donors (Lipinski definition) is 0. The highest BCUT2D eigenvalue weighted by atomic mass is 19.3. The van der Waals surface area contributed by atoms with Gasteiger partial charge in [0.1, 0.15) is 6.42 Å². The van der Waals surface area contributed by atoms with Crippen LogP contribution in [0.3, 0.4) is 0 Å². The molecule has 60 valence electrons. The third-order valence-corrected chi connectivity index (χ3v) is 1.58. The van der Waals surface area contributed by atoms with E-state index in [2.05, 4.69) is 9.79 Å². The third kappa shape index (κ3) is 0.856. The van der Waals surface area contributed by atoms with Crippen molar-refractivity contribution in [3.8, 4) is 5.95 Å². The van der Waals surface area contributed by atoms with E-state index in [-0.39, 0.29) is 5.69 Å². The molecule has 0 fully saturated rings. The first-order chi connectivity index (χ1) is 5.08. The van der Waals surface area contributed by atoms with Crippen LogP contribution in [0.15, 0.2) is 4.52 Å². The Balaban J connectivity index is 2.42. The Morgan fingerprint density at radius 1 is 1.64 bits per heavy atom. The summed E-state index contributed by atoms with van der Waals surface area (Å²) in [5.74, 6) is -3.60. The summed E-state index contributed by atoms with van der Waals surface area (Å²) in [7, 11) is 0. The van der Waals surface area contributed by atoms with Crippen molar-refractivity contribution in [2.75, 3.05) is 0 Å². The van der Waals surface area contributed by atoms with E-state index >= 15 is 0 Å². The summed E-state index contributed by atoms with van der Waals surface area (Å²) < 4.78 is 30.1. The fourth-order valence-electron chi connectivity index (χ4n) is 1.10. The fraction of sp³-hybridized carbons (Fsp3) is 0.600. The summed E-state index contributed by atoms with van der Waals surface area (Å²) in [4.78, 5) is 0. The summed E-state index contributed by atoms with van der Waals surface area (Å²) in [5, 5.41) is 13.8. The van der Waals surface area contributed by atoms with Gasteiger partial charge in [-0.15, -0.1) is 0 Å². The van der Waals surface area contributed by atoms with Crippen LogP contribution in [0.5, 0.6) is 5.95 Å². The predicted molar refractivity (Wildman–Crippen MR) is 24.8 cm³/mol. The second kappa shape index (κ2) is 1.69. The Kier molecular flexibility index (Phi) is 1.000. The highest BCUT2D eigenvalue weighted by Gasteiger charge is 2.47.